The zero-order valence-corrected chi connectivity index (χ0v) is 12.7. The lowest BCUT2D eigenvalue weighted by Crippen LogP contribution is -2.15. The summed E-state index contributed by atoms with van der Waals surface area (Å²) in [5.41, 5.74) is -0.764. The number of amides is 1. The molecule has 0 unspecified atom stereocenters. The summed E-state index contributed by atoms with van der Waals surface area (Å²) < 4.78 is 49.5. The van der Waals surface area contributed by atoms with E-state index in [-0.39, 0.29) is 5.69 Å². The zero-order valence-electron chi connectivity index (χ0n) is 10.4. The molecule has 2 rings (SSSR count). The Labute approximate surface area is 127 Å². The van der Waals surface area contributed by atoms with Crippen molar-refractivity contribution < 1.29 is 22.0 Å². The normalized spacial score (nSPS) is 11.4. The maximum atomic E-state index is 13.7. The van der Waals surface area contributed by atoms with Gasteiger partial charge in [0.25, 0.3) is 15.0 Å². The number of nitrogens with one attached hydrogen (secondary N) is 1. The second-order valence-corrected chi connectivity index (χ2v) is 7.53. The van der Waals surface area contributed by atoms with Gasteiger partial charge in [0.2, 0.25) is 0 Å². The average Bonchev–Trinajstić information content (AvgIpc) is 2.79. The van der Waals surface area contributed by atoms with Gasteiger partial charge in [-0.2, -0.15) is 0 Å². The first-order valence-electron chi connectivity index (χ1n) is 5.35. The van der Waals surface area contributed by atoms with Crippen LogP contribution in [0.1, 0.15) is 15.5 Å². The van der Waals surface area contributed by atoms with Gasteiger partial charge in [0.05, 0.1) is 9.90 Å². The first-order chi connectivity index (χ1) is 9.68. The Morgan fingerprint density at radius 1 is 1.33 bits per heavy atom. The third kappa shape index (κ3) is 3.55. The minimum absolute atomic E-state index is 0.00495. The predicted molar refractivity (Wildman–Crippen MR) is 74.2 cm³/mol. The van der Waals surface area contributed by atoms with Crippen molar-refractivity contribution in [3.8, 4) is 0 Å². The lowest BCUT2D eigenvalue weighted by molar-refractivity contribution is 0.102. The second kappa shape index (κ2) is 5.66. The Kier molecular flexibility index (Phi) is 4.26. The van der Waals surface area contributed by atoms with Crippen LogP contribution in [0, 0.1) is 18.6 Å². The van der Waals surface area contributed by atoms with Crippen molar-refractivity contribution in [3.05, 3.63) is 39.8 Å². The summed E-state index contributed by atoms with van der Waals surface area (Å²) in [6.45, 7) is 1.67. The Bertz CT molecular complexity index is 798. The number of thiazole rings is 1. The van der Waals surface area contributed by atoms with E-state index in [1.807, 2.05) is 5.32 Å². The van der Waals surface area contributed by atoms with Crippen LogP contribution in [-0.2, 0) is 9.05 Å². The average molecular weight is 353 g/mol. The van der Waals surface area contributed by atoms with E-state index in [1.165, 1.54) is 16.7 Å². The summed E-state index contributed by atoms with van der Waals surface area (Å²) in [4.78, 5) is 14.9. The van der Waals surface area contributed by atoms with Gasteiger partial charge in [-0.15, -0.1) is 11.3 Å². The highest BCUT2D eigenvalue weighted by Gasteiger charge is 2.20. The van der Waals surface area contributed by atoms with Crippen molar-refractivity contribution in [2.75, 3.05) is 5.32 Å². The molecule has 21 heavy (non-hydrogen) atoms. The van der Waals surface area contributed by atoms with E-state index in [4.69, 9.17) is 10.7 Å². The van der Waals surface area contributed by atoms with E-state index in [9.17, 15) is 22.0 Å². The van der Waals surface area contributed by atoms with Gasteiger partial charge in [-0.1, -0.05) is 0 Å². The van der Waals surface area contributed by atoms with Gasteiger partial charge in [0.1, 0.15) is 11.4 Å². The molecule has 1 aromatic heterocycles. The number of aromatic nitrogens is 1. The molecule has 0 aliphatic rings. The number of hydrogen-bond acceptors (Lipinski definition) is 5. The quantitative estimate of drug-likeness (QED) is 0.862. The van der Waals surface area contributed by atoms with E-state index in [0.717, 1.165) is 0 Å². The number of benzene rings is 1. The fourth-order valence-electron chi connectivity index (χ4n) is 1.46. The number of halogens is 3. The van der Waals surface area contributed by atoms with Crippen molar-refractivity contribution in [2.24, 2.45) is 0 Å². The lowest BCUT2D eigenvalue weighted by Gasteiger charge is -2.07. The third-order valence-electron chi connectivity index (χ3n) is 2.39. The molecule has 0 saturated carbocycles. The number of nitrogens with zero attached hydrogens (tertiary/aromatic N) is 1. The highest BCUT2D eigenvalue weighted by Crippen LogP contribution is 2.25. The molecule has 0 aliphatic heterocycles. The number of hydrogen-bond donors (Lipinski definition) is 1. The fourth-order valence-corrected chi connectivity index (χ4v) is 2.80. The van der Waals surface area contributed by atoms with Crippen LogP contribution in [0.2, 0.25) is 0 Å². The Morgan fingerprint density at radius 2 is 1.90 bits per heavy atom. The van der Waals surface area contributed by atoms with E-state index in [2.05, 4.69) is 4.98 Å². The standard InChI is InChI=1S/C11H7ClF2N2O3S2/c1-5-15-9(4-20-5)11(17)16-10-7(13)2-6(3-8(10)14)21(12,18)19/h2-4H,1H3,(H,16,17). The van der Waals surface area contributed by atoms with Crippen LogP contribution in [-0.4, -0.2) is 19.3 Å². The zero-order chi connectivity index (χ0) is 15.8. The molecule has 0 saturated heterocycles. The maximum absolute atomic E-state index is 13.7. The topological polar surface area (TPSA) is 76.1 Å². The summed E-state index contributed by atoms with van der Waals surface area (Å²) >= 11 is 1.20. The molecule has 2 aromatic rings. The van der Waals surface area contributed by atoms with E-state index >= 15 is 0 Å². The van der Waals surface area contributed by atoms with E-state index in [0.29, 0.717) is 17.1 Å². The number of rotatable bonds is 3. The molecule has 0 bridgehead atoms. The second-order valence-electron chi connectivity index (χ2n) is 3.91. The molecule has 0 radical (unpaired) electrons. The molecular formula is C11H7ClF2N2O3S2. The lowest BCUT2D eigenvalue weighted by atomic mass is 10.2. The largest absolute Gasteiger partial charge is 0.316 e. The summed E-state index contributed by atoms with van der Waals surface area (Å²) in [5, 5.41) is 4.05. The van der Waals surface area contributed by atoms with Gasteiger partial charge in [-0.25, -0.2) is 22.2 Å². The Hall–Kier alpha value is -1.58. The van der Waals surface area contributed by atoms with Crippen LogP contribution in [0.4, 0.5) is 14.5 Å². The third-order valence-corrected chi connectivity index (χ3v) is 4.49. The van der Waals surface area contributed by atoms with E-state index < -0.39 is 37.2 Å². The predicted octanol–water partition coefficient (Wildman–Crippen LogP) is 2.91. The number of aryl methyl sites for hydroxylation is 1. The van der Waals surface area contributed by atoms with Crippen molar-refractivity contribution in [2.45, 2.75) is 11.8 Å². The van der Waals surface area contributed by atoms with Crippen LogP contribution in [0.3, 0.4) is 0 Å². The van der Waals surface area contributed by atoms with Gasteiger partial charge in [0, 0.05) is 16.1 Å². The van der Waals surface area contributed by atoms with Crippen molar-refractivity contribution in [3.63, 3.8) is 0 Å². The summed E-state index contributed by atoms with van der Waals surface area (Å²) in [7, 11) is 0.729. The van der Waals surface area contributed by atoms with Gasteiger partial charge in [0.15, 0.2) is 11.6 Å². The first-order valence-corrected chi connectivity index (χ1v) is 8.54. The molecule has 10 heteroatoms. The minimum Gasteiger partial charge on any atom is -0.316 e. The molecule has 1 aromatic carbocycles. The van der Waals surface area contributed by atoms with Crippen LogP contribution < -0.4 is 5.32 Å². The minimum atomic E-state index is -4.27. The molecule has 1 heterocycles. The first kappa shape index (κ1) is 15.8. The van der Waals surface area contributed by atoms with Crippen molar-refractivity contribution >= 4 is 42.7 Å². The van der Waals surface area contributed by atoms with Crippen LogP contribution in [0.5, 0.6) is 0 Å². The Balaban J connectivity index is 2.35. The highest BCUT2D eigenvalue weighted by atomic mass is 35.7. The number of carbonyl (C=O) groups is 1. The van der Waals surface area contributed by atoms with Gasteiger partial charge in [-0.05, 0) is 19.1 Å². The molecule has 0 fully saturated rings. The summed E-state index contributed by atoms with van der Waals surface area (Å²) in [6.07, 6.45) is 0. The van der Waals surface area contributed by atoms with Crippen LogP contribution in [0.15, 0.2) is 22.4 Å². The molecule has 1 N–H and O–H groups in total. The van der Waals surface area contributed by atoms with Gasteiger partial charge < -0.3 is 5.32 Å². The van der Waals surface area contributed by atoms with Crippen molar-refractivity contribution in [1.82, 2.24) is 4.98 Å². The summed E-state index contributed by atoms with van der Waals surface area (Å²) in [5.74, 6) is -3.32. The SMILES string of the molecule is Cc1nc(C(=O)Nc2c(F)cc(S(=O)(=O)Cl)cc2F)cs1. The highest BCUT2D eigenvalue weighted by molar-refractivity contribution is 8.13. The molecule has 5 nitrogen and oxygen atoms in total. The Morgan fingerprint density at radius 3 is 2.33 bits per heavy atom. The maximum Gasteiger partial charge on any atom is 0.275 e. The molecule has 0 atom stereocenters. The molecule has 0 aliphatic carbocycles. The van der Waals surface area contributed by atoms with Crippen LogP contribution in [0.25, 0.3) is 0 Å². The number of anilines is 1. The number of carbonyl (C=O) groups excluding carboxylic acids is 1. The smallest absolute Gasteiger partial charge is 0.275 e. The summed E-state index contributed by atoms with van der Waals surface area (Å²) in [6, 6.07) is 1.04. The fraction of sp³-hybridized carbons (Fsp3) is 0.0909. The molecule has 112 valence electrons. The van der Waals surface area contributed by atoms with E-state index in [1.54, 1.807) is 6.92 Å². The van der Waals surface area contributed by atoms with Crippen molar-refractivity contribution in [1.29, 1.82) is 0 Å². The molecule has 0 spiro atoms. The monoisotopic (exact) mass is 352 g/mol. The molecule has 1 amide bonds. The van der Waals surface area contributed by atoms with Gasteiger partial charge in [-0.3, -0.25) is 4.79 Å². The van der Waals surface area contributed by atoms with Gasteiger partial charge >= 0.3 is 0 Å². The molecular weight excluding hydrogens is 346 g/mol. The van der Waals surface area contributed by atoms with Crippen LogP contribution >= 0.6 is 22.0 Å².